The van der Waals surface area contributed by atoms with Crippen LogP contribution < -0.4 is 29.9 Å². The van der Waals surface area contributed by atoms with Crippen molar-refractivity contribution in [2.75, 3.05) is 69.4 Å². The number of benzene rings is 4. The molecule has 0 atom stereocenters. The standard InChI is InChI=1S/C31H33N6S2/c1-34(2)19-8-11-22-27(16-19)38-28-18-21(10-13-23(28)32-22)37(7)30-26(36(5)6)15-14-25-31(30)39-29-17-20(35(3)4)9-12-24(29)33-25/h8-18,33H,1-7H3/q+1. The highest BCUT2D eigenvalue weighted by Gasteiger charge is 2.25. The Labute approximate surface area is 238 Å². The lowest BCUT2D eigenvalue weighted by Crippen LogP contribution is -2.21. The summed E-state index contributed by atoms with van der Waals surface area (Å²) >= 11 is 3.63. The fourth-order valence-corrected chi connectivity index (χ4v) is 7.13. The highest BCUT2D eigenvalue weighted by molar-refractivity contribution is 8.00. The Morgan fingerprint density at radius 3 is 2.28 bits per heavy atom. The maximum atomic E-state index is 4.96. The normalized spacial score (nSPS) is 12.1. The van der Waals surface area contributed by atoms with Gasteiger partial charge in [-0.2, -0.15) is 0 Å². The van der Waals surface area contributed by atoms with Gasteiger partial charge in [0.05, 0.1) is 48.4 Å². The Balaban J connectivity index is 1.47. The molecule has 6 rings (SSSR count). The maximum Gasteiger partial charge on any atom is 0.201 e. The molecule has 0 saturated carbocycles. The van der Waals surface area contributed by atoms with E-state index in [4.69, 9.17) is 4.98 Å². The number of aromatic nitrogens is 1. The Kier molecular flexibility index (Phi) is 6.40. The SMILES string of the molecule is CN(C)c1ccc2c(c1)Sc1c(ccc(N(C)C)c1N(C)c1ccc3nc4ccc(=[N+](C)C)cc-4sc3c1)N2. The first-order chi connectivity index (χ1) is 18.7. The van der Waals surface area contributed by atoms with Crippen molar-refractivity contribution in [3.05, 3.63) is 72.1 Å². The molecule has 1 N–H and O–H groups in total. The molecule has 0 aromatic heterocycles. The highest BCUT2D eigenvalue weighted by atomic mass is 32.2. The number of fused-ring (bicyclic) bond motifs is 4. The fraction of sp³-hybridized carbons (Fsp3) is 0.226. The van der Waals surface area contributed by atoms with Gasteiger partial charge in [-0.25, -0.2) is 9.56 Å². The van der Waals surface area contributed by atoms with Crippen molar-refractivity contribution < 1.29 is 0 Å². The zero-order chi connectivity index (χ0) is 27.4. The minimum Gasteiger partial charge on any atom is -0.378 e. The van der Waals surface area contributed by atoms with E-state index in [1.807, 2.05) is 11.8 Å². The van der Waals surface area contributed by atoms with Gasteiger partial charge in [-0.05, 0) is 54.6 Å². The maximum absolute atomic E-state index is 4.96. The summed E-state index contributed by atoms with van der Waals surface area (Å²) in [5.41, 5.74) is 9.01. The van der Waals surface area contributed by atoms with Crippen LogP contribution >= 0.6 is 23.1 Å². The predicted octanol–water partition coefficient (Wildman–Crippen LogP) is 6.54. The van der Waals surface area contributed by atoms with E-state index in [1.54, 1.807) is 11.3 Å². The molecule has 6 nitrogen and oxygen atoms in total. The van der Waals surface area contributed by atoms with Gasteiger partial charge in [0.15, 0.2) is 0 Å². The quantitative estimate of drug-likeness (QED) is 0.197. The molecular weight excluding hydrogens is 521 g/mol. The number of nitrogens with one attached hydrogen (secondary N) is 1. The van der Waals surface area contributed by atoms with Crippen molar-refractivity contribution in [2.24, 2.45) is 0 Å². The molecule has 0 amide bonds. The number of rotatable bonds is 4. The van der Waals surface area contributed by atoms with Gasteiger partial charge in [-0.3, -0.25) is 0 Å². The molecule has 0 unspecified atom stereocenters. The van der Waals surface area contributed by atoms with E-state index in [2.05, 4.69) is 141 Å². The monoisotopic (exact) mass is 553 g/mol. The molecule has 0 bridgehead atoms. The molecule has 3 aromatic carbocycles. The van der Waals surface area contributed by atoms with Gasteiger partial charge in [0, 0.05) is 63.6 Å². The summed E-state index contributed by atoms with van der Waals surface area (Å²) in [7, 11) is 14.7. The topological polar surface area (TPSA) is 37.6 Å². The van der Waals surface area contributed by atoms with Crippen LogP contribution in [-0.2, 0) is 0 Å². The van der Waals surface area contributed by atoms with Crippen LogP contribution in [0.2, 0.25) is 0 Å². The van der Waals surface area contributed by atoms with Crippen LogP contribution in [0.25, 0.3) is 20.8 Å². The second-order valence-electron chi connectivity index (χ2n) is 10.5. The number of anilines is 6. The second-order valence-corrected chi connectivity index (χ2v) is 12.6. The van der Waals surface area contributed by atoms with Gasteiger partial charge in [0.2, 0.25) is 5.36 Å². The first kappa shape index (κ1) is 25.5. The van der Waals surface area contributed by atoms with E-state index in [-0.39, 0.29) is 0 Å². The van der Waals surface area contributed by atoms with Gasteiger partial charge in [-0.1, -0.05) is 11.8 Å². The molecule has 39 heavy (non-hydrogen) atoms. The second kappa shape index (κ2) is 9.77. The Hall–Kier alpha value is -3.75. The summed E-state index contributed by atoms with van der Waals surface area (Å²) in [6.45, 7) is 0. The molecule has 3 aliphatic rings. The molecule has 2 heterocycles. The van der Waals surface area contributed by atoms with Crippen LogP contribution in [0.3, 0.4) is 0 Å². The minimum absolute atomic E-state index is 1.02. The van der Waals surface area contributed by atoms with Gasteiger partial charge in [0.25, 0.3) is 0 Å². The lowest BCUT2D eigenvalue weighted by Gasteiger charge is -2.32. The molecule has 1 aliphatic carbocycles. The predicted molar refractivity (Wildman–Crippen MR) is 170 cm³/mol. The van der Waals surface area contributed by atoms with Crippen molar-refractivity contribution in [3.63, 3.8) is 0 Å². The molecule has 0 radical (unpaired) electrons. The number of hydrogen-bond donors (Lipinski definition) is 1. The Bertz CT molecular complexity index is 1770. The summed E-state index contributed by atoms with van der Waals surface area (Å²) in [5, 5.41) is 4.87. The first-order valence-electron chi connectivity index (χ1n) is 12.9. The summed E-state index contributed by atoms with van der Waals surface area (Å²) < 4.78 is 3.30. The molecular formula is C31H33N6S2+. The van der Waals surface area contributed by atoms with Crippen molar-refractivity contribution >= 4 is 67.4 Å². The molecule has 8 heteroatoms. The third kappa shape index (κ3) is 4.57. The summed E-state index contributed by atoms with van der Waals surface area (Å²) in [6.07, 6.45) is 0. The fourth-order valence-electron chi connectivity index (χ4n) is 4.90. The van der Waals surface area contributed by atoms with E-state index in [0.29, 0.717) is 0 Å². The average Bonchev–Trinajstić information content (AvgIpc) is 2.92. The van der Waals surface area contributed by atoms with Crippen LogP contribution in [0.1, 0.15) is 0 Å². The van der Waals surface area contributed by atoms with Crippen LogP contribution in [0.15, 0.2) is 76.5 Å². The lowest BCUT2D eigenvalue weighted by molar-refractivity contribution is 0.814. The Morgan fingerprint density at radius 1 is 0.769 bits per heavy atom. The van der Waals surface area contributed by atoms with Crippen LogP contribution in [0.5, 0.6) is 0 Å². The van der Waals surface area contributed by atoms with Crippen LogP contribution in [-0.4, -0.2) is 54.3 Å². The highest BCUT2D eigenvalue weighted by Crippen LogP contribution is 2.53. The van der Waals surface area contributed by atoms with E-state index in [0.717, 1.165) is 28.3 Å². The zero-order valence-corrected chi connectivity index (χ0v) is 25.0. The molecule has 0 spiro atoms. The smallest absolute Gasteiger partial charge is 0.201 e. The van der Waals surface area contributed by atoms with Crippen LogP contribution in [0.4, 0.5) is 34.1 Å². The van der Waals surface area contributed by atoms with Gasteiger partial charge >= 0.3 is 0 Å². The van der Waals surface area contributed by atoms with E-state index >= 15 is 0 Å². The molecule has 0 saturated heterocycles. The Morgan fingerprint density at radius 2 is 1.54 bits per heavy atom. The van der Waals surface area contributed by atoms with Crippen molar-refractivity contribution in [1.82, 2.24) is 9.56 Å². The van der Waals surface area contributed by atoms with Crippen molar-refractivity contribution in [1.29, 1.82) is 0 Å². The summed E-state index contributed by atoms with van der Waals surface area (Å²) in [4.78, 5) is 15.3. The lowest BCUT2D eigenvalue weighted by atomic mass is 10.1. The van der Waals surface area contributed by atoms with Gasteiger partial charge in [0.1, 0.15) is 14.1 Å². The van der Waals surface area contributed by atoms with Gasteiger partial charge < -0.3 is 20.0 Å². The molecule has 198 valence electrons. The zero-order valence-electron chi connectivity index (χ0n) is 23.4. The van der Waals surface area contributed by atoms with Crippen molar-refractivity contribution in [3.8, 4) is 10.6 Å². The average molecular weight is 554 g/mol. The minimum atomic E-state index is 1.02. The number of nitrogens with zero attached hydrogens (tertiary/aromatic N) is 5. The van der Waals surface area contributed by atoms with Crippen LogP contribution in [0, 0.1) is 0 Å². The molecule has 2 aliphatic heterocycles. The first-order valence-corrected chi connectivity index (χ1v) is 14.5. The third-order valence-corrected chi connectivity index (χ3v) is 9.41. The van der Waals surface area contributed by atoms with Gasteiger partial charge in [-0.15, -0.1) is 11.3 Å². The third-order valence-electron chi connectivity index (χ3n) is 7.14. The summed E-state index contributed by atoms with van der Waals surface area (Å²) in [5.74, 6) is 0. The van der Waals surface area contributed by atoms with E-state index in [1.165, 1.54) is 41.8 Å². The molecule has 3 aromatic rings. The van der Waals surface area contributed by atoms with Crippen molar-refractivity contribution in [2.45, 2.75) is 9.79 Å². The number of hydrogen-bond acceptors (Lipinski definition) is 7. The largest absolute Gasteiger partial charge is 0.378 e. The van der Waals surface area contributed by atoms with E-state index < -0.39 is 0 Å². The van der Waals surface area contributed by atoms with E-state index in [9.17, 15) is 0 Å². The molecule has 0 fully saturated rings. The summed E-state index contributed by atoms with van der Waals surface area (Å²) in [6, 6.07) is 24.1.